The number of rotatable bonds is 5. The van der Waals surface area contributed by atoms with Crippen molar-refractivity contribution in [1.82, 2.24) is 0 Å². The van der Waals surface area contributed by atoms with Crippen LogP contribution in [0, 0.1) is 11.3 Å². The Hall–Kier alpha value is -2.41. The van der Waals surface area contributed by atoms with Gasteiger partial charge in [-0.25, -0.2) is 0 Å². The molecule has 2 aromatic carbocycles. The van der Waals surface area contributed by atoms with Crippen molar-refractivity contribution in [1.29, 1.82) is 5.26 Å². The second kappa shape index (κ2) is 8.62. The topological polar surface area (TPSA) is 42.2 Å². The van der Waals surface area contributed by atoms with Gasteiger partial charge in [0.05, 0.1) is 24.8 Å². The maximum absolute atomic E-state index is 8.88. The highest BCUT2D eigenvalue weighted by molar-refractivity contribution is 5.33. The highest BCUT2D eigenvalue weighted by Gasteiger charge is 2.24. The molecule has 0 atom stereocenters. The average molecular weight is 333 g/mol. The molecule has 0 N–H and O–H groups in total. The molecule has 0 radical (unpaired) electrons. The summed E-state index contributed by atoms with van der Waals surface area (Å²) in [6.07, 6.45) is 6.10. The Morgan fingerprint density at radius 1 is 1.00 bits per heavy atom. The van der Waals surface area contributed by atoms with Crippen LogP contribution in [-0.4, -0.2) is 13.2 Å². The summed E-state index contributed by atoms with van der Waals surface area (Å²) in [4.78, 5) is 0. The summed E-state index contributed by atoms with van der Waals surface area (Å²) in [5.41, 5.74) is 4.21. The third-order valence-electron chi connectivity index (χ3n) is 4.50. The van der Waals surface area contributed by atoms with Crippen LogP contribution in [0.1, 0.15) is 47.8 Å². The van der Waals surface area contributed by atoms with Crippen molar-refractivity contribution in [3.05, 3.63) is 82.9 Å². The molecule has 0 spiro atoms. The normalized spacial score (nSPS) is 20.5. The fourth-order valence-corrected chi connectivity index (χ4v) is 2.98. The van der Waals surface area contributed by atoms with Crippen molar-refractivity contribution in [3.63, 3.8) is 0 Å². The second-order valence-electron chi connectivity index (χ2n) is 6.28. The number of nitriles is 1. The molecule has 0 amide bonds. The lowest BCUT2D eigenvalue weighted by Crippen LogP contribution is -2.25. The van der Waals surface area contributed by atoms with Gasteiger partial charge >= 0.3 is 0 Å². The van der Waals surface area contributed by atoms with E-state index in [1.807, 2.05) is 31.2 Å². The summed E-state index contributed by atoms with van der Waals surface area (Å²) >= 11 is 0. The lowest BCUT2D eigenvalue weighted by Gasteiger charge is -2.30. The van der Waals surface area contributed by atoms with Gasteiger partial charge in [-0.1, -0.05) is 48.6 Å². The number of nitrogens with zero attached hydrogens (tertiary/aromatic N) is 1. The van der Waals surface area contributed by atoms with Gasteiger partial charge in [-0.2, -0.15) is 5.26 Å². The number of benzene rings is 2. The molecule has 3 nitrogen and oxygen atoms in total. The van der Waals surface area contributed by atoms with Crippen LogP contribution in [0.4, 0.5) is 0 Å². The van der Waals surface area contributed by atoms with Gasteiger partial charge in [0.15, 0.2) is 6.29 Å². The van der Waals surface area contributed by atoms with Crippen LogP contribution >= 0.6 is 0 Å². The van der Waals surface area contributed by atoms with E-state index in [0.717, 1.165) is 24.0 Å². The van der Waals surface area contributed by atoms with Gasteiger partial charge in [-0.05, 0) is 43.0 Å². The fraction of sp³-hybridized carbons (Fsp3) is 0.318. The van der Waals surface area contributed by atoms with Gasteiger partial charge in [0.25, 0.3) is 0 Å². The smallest absolute Gasteiger partial charge is 0.183 e. The van der Waals surface area contributed by atoms with E-state index in [4.69, 9.17) is 14.7 Å². The molecule has 0 unspecified atom stereocenters. The standard InChI is InChI=1S/C22H23NO2/c1-2-3-4-5-17-6-12-20(13-7-17)22-24-15-21(16-25-22)19-10-8-18(14-23)9-11-19/h2-3,6-13,21-22H,4-5,15-16H2,1H3. The van der Waals surface area contributed by atoms with Crippen molar-refractivity contribution in [3.8, 4) is 6.07 Å². The van der Waals surface area contributed by atoms with Gasteiger partial charge in [0, 0.05) is 11.5 Å². The minimum absolute atomic E-state index is 0.212. The Kier molecular flexibility index (Phi) is 6.00. The number of allylic oxidation sites excluding steroid dienone is 2. The molecule has 2 aromatic rings. The first-order chi connectivity index (χ1) is 12.3. The molecular weight excluding hydrogens is 310 g/mol. The van der Waals surface area contributed by atoms with Crippen molar-refractivity contribution < 1.29 is 9.47 Å². The third kappa shape index (κ3) is 4.57. The quantitative estimate of drug-likeness (QED) is 0.731. The monoisotopic (exact) mass is 333 g/mol. The summed E-state index contributed by atoms with van der Waals surface area (Å²) < 4.78 is 11.9. The number of ether oxygens (including phenoxy) is 2. The Morgan fingerprint density at radius 3 is 2.24 bits per heavy atom. The molecule has 1 aliphatic heterocycles. The van der Waals surface area contributed by atoms with Crippen LogP contribution in [0.3, 0.4) is 0 Å². The van der Waals surface area contributed by atoms with E-state index in [-0.39, 0.29) is 12.2 Å². The van der Waals surface area contributed by atoms with E-state index in [0.29, 0.717) is 18.8 Å². The molecule has 1 aliphatic rings. The summed E-state index contributed by atoms with van der Waals surface area (Å²) in [7, 11) is 0. The third-order valence-corrected chi connectivity index (χ3v) is 4.50. The molecule has 0 aliphatic carbocycles. The number of hydrogen-bond donors (Lipinski definition) is 0. The van der Waals surface area contributed by atoms with Crippen molar-refractivity contribution in [2.45, 2.75) is 32.0 Å². The van der Waals surface area contributed by atoms with Crippen molar-refractivity contribution >= 4 is 0 Å². The molecular formula is C22H23NO2. The Balaban J connectivity index is 1.55. The predicted octanol–water partition coefficient (Wildman–Crippen LogP) is 4.90. The van der Waals surface area contributed by atoms with Gasteiger partial charge in [0.1, 0.15) is 0 Å². The van der Waals surface area contributed by atoms with Crippen LogP contribution < -0.4 is 0 Å². The molecule has 0 saturated carbocycles. The zero-order valence-electron chi connectivity index (χ0n) is 14.5. The molecule has 0 aromatic heterocycles. The van der Waals surface area contributed by atoms with Gasteiger partial charge in [-0.15, -0.1) is 0 Å². The van der Waals surface area contributed by atoms with E-state index in [1.54, 1.807) is 0 Å². The predicted molar refractivity (Wildman–Crippen MR) is 98.1 cm³/mol. The maximum Gasteiger partial charge on any atom is 0.183 e. The molecule has 0 bridgehead atoms. The molecule has 1 saturated heterocycles. The van der Waals surface area contributed by atoms with E-state index in [2.05, 4.69) is 42.5 Å². The van der Waals surface area contributed by atoms with Gasteiger partial charge in [-0.3, -0.25) is 0 Å². The summed E-state index contributed by atoms with van der Waals surface area (Å²) in [6, 6.07) is 18.3. The molecule has 25 heavy (non-hydrogen) atoms. The van der Waals surface area contributed by atoms with Crippen LogP contribution in [0.25, 0.3) is 0 Å². The number of hydrogen-bond acceptors (Lipinski definition) is 3. The van der Waals surface area contributed by atoms with Crippen LogP contribution in [0.15, 0.2) is 60.7 Å². The Morgan fingerprint density at radius 2 is 1.64 bits per heavy atom. The van der Waals surface area contributed by atoms with Crippen LogP contribution in [0.2, 0.25) is 0 Å². The van der Waals surface area contributed by atoms with Crippen molar-refractivity contribution in [2.75, 3.05) is 13.2 Å². The zero-order valence-corrected chi connectivity index (χ0v) is 14.5. The first kappa shape index (κ1) is 17.4. The molecule has 3 heteroatoms. The highest BCUT2D eigenvalue weighted by Crippen LogP contribution is 2.30. The lowest BCUT2D eigenvalue weighted by molar-refractivity contribution is -0.191. The van der Waals surface area contributed by atoms with E-state index >= 15 is 0 Å². The van der Waals surface area contributed by atoms with E-state index in [1.165, 1.54) is 5.56 Å². The second-order valence-corrected chi connectivity index (χ2v) is 6.28. The highest BCUT2D eigenvalue weighted by atomic mass is 16.7. The first-order valence-electron chi connectivity index (χ1n) is 8.73. The summed E-state index contributed by atoms with van der Waals surface area (Å²) in [6.45, 7) is 3.30. The fourth-order valence-electron chi connectivity index (χ4n) is 2.98. The first-order valence-corrected chi connectivity index (χ1v) is 8.73. The van der Waals surface area contributed by atoms with Crippen LogP contribution in [0.5, 0.6) is 0 Å². The Bertz CT molecular complexity index is 733. The average Bonchev–Trinajstić information content (AvgIpc) is 2.69. The summed E-state index contributed by atoms with van der Waals surface area (Å²) in [5.74, 6) is 0.212. The van der Waals surface area contributed by atoms with Gasteiger partial charge < -0.3 is 9.47 Å². The van der Waals surface area contributed by atoms with Crippen LogP contribution in [-0.2, 0) is 15.9 Å². The summed E-state index contributed by atoms with van der Waals surface area (Å²) in [5, 5.41) is 8.88. The maximum atomic E-state index is 8.88. The SMILES string of the molecule is CC=CCCc1ccc(C2OCC(c3ccc(C#N)cc3)CO2)cc1. The molecule has 1 heterocycles. The minimum Gasteiger partial charge on any atom is -0.348 e. The van der Waals surface area contributed by atoms with E-state index < -0.39 is 0 Å². The Labute approximate surface area is 149 Å². The van der Waals surface area contributed by atoms with E-state index in [9.17, 15) is 0 Å². The van der Waals surface area contributed by atoms with Crippen molar-refractivity contribution in [2.24, 2.45) is 0 Å². The number of aryl methyl sites for hydroxylation is 1. The molecule has 1 fully saturated rings. The minimum atomic E-state index is -0.292. The molecule has 3 rings (SSSR count). The zero-order chi connectivity index (χ0) is 17.5. The largest absolute Gasteiger partial charge is 0.348 e. The van der Waals surface area contributed by atoms with Gasteiger partial charge in [0.2, 0.25) is 0 Å². The molecule has 128 valence electrons. The lowest BCUT2D eigenvalue weighted by atomic mass is 9.99.